The van der Waals surface area contributed by atoms with Crippen LogP contribution in [0.5, 0.6) is 5.75 Å². The maximum Gasteiger partial charge on any atom is 0.320 e. The van der Waals surface area contributed by atoms with Crippen molar-refractivity contribution >= 4 is 17.6 Å². The van der Waals surface area contributed by atoms with Crippen molar-refractivity contribution in [3.63, 3.8) is 0 Å². The Morgan fingerprint density at radius 2 is 1.86 bits per heavy atom. The van der Waals surface area contributed by atoms with Crippen LogP contribution in [0.2, 0.25) is 5.02 Å². The molecule has 1 aliphatic carbocycles. The van der Waals surface area contributed by atoms with E-state index < -0.39 is 5.97 Å². The van der Waals surface area contributed by atoms with Gasteiger partial charge in [0.15, 0.2) is 0 Å². The lowest BCUT2D eigenvalue weighted by Crippen LogP contribution is -2.35. The zero-order valence-corrected chi connectivity index (χ0v) is 20.6. The third-order valence-electron chi connectivity index (χ3n) is 6.92. The molecule has 1 atom stereocenters. The first kappa shape index (κ1) is 25.9. The molecule has 3 aliphatic rings. The Hall–Kier alpha value is -2.22. The second kappa shape index (κ2) is 12.2. The largest absolute Gasteiger partial charge is 0.493 e. The van der Waals surface area contributed by atoms with Gasteiger partial charge in [0.1, 0.15) is 23.4 Å². The highest BCUT2D eigenvalue weighted by Crippen LogP contribution is 2.44. The van der Waals surface area contributed by atoms with Crippen molar-refractivity contribution in [3.8, 4) is 5.75 Å². The normalized spacial score (nSPS) is 20.8. The number of hydrogen-bond acceptors (Lipinski definition) is 4. The van der Waals surface area contributed by atoms with E-state index in [4.69, 9.17) is 21.4 Å². The number of benzene rings is 2. The second-order valence-electron chi connectivity index (χ2n) is 9.72. The maximum atomic E-state index is 13.6. The molecule has 0 amide bonds. The molecule has 0 radical (unpaired) electrons. The van der Waals surface area contributed by atoms with E-state index in [1.165, 1.54) is 31.0 Å². The molecule has 1 unspecified atom stereocenters. The Morgan fingerprint density at radius 3 is 2.46 bits per heavy atom. The van der Waals surface area contributed by atoms with Gasteiger partial charge in [-0.15, -0.1) is 0 Å². The Kier molecular flexibility index (Phi) is 8.98. The fourth-order valence-corrected chi connectivity index (χ4v) is 4.88. The van der Waals surface area contributed by atoms with Gasteiger partial charge >= 0.3 is 5.97 Å². The van der Waals surface area contributed by atoms with Gasteiger partial charge in [0.2, 0.25) is 0 Å². The standard InChI is InChI=1S/C22H24ClF2NO.C5H9NO2/c23-20-11-16(1-6-21(20)25)13-26-9-7-15(8-10-26)14-27-22-12-18(24)4-5-19(22)17-2-3-17;7-5(8)4-2-1-3-6-4/h1,4-6,11-12,15,17H,2-3,7-10,13-14H2;4,6H,1-3H2,(H,7,8). The minimum Gasteiger partial charge on any atom is -0.493 e. The molecule has 3 fully saturated rings. The number of carboxylic acids is 1. The molecular formula is C27H33ClF2N2O3. The number of carbonyl (C=O) groups is 1. The number of ether oxygens (including phenoxy) is 1. The summed E-state index contributed by atoms with van der Waals surface area (Å²) in [5.41, 5.74) is 2.19. The van der Waals surface area contributed by atoms with Gasteiger partial charge < -0.3 is 15.2 Å². The lowest BCUT2D eigenvalue weighted by atomic mass is 9.97. The fraction of sp³-hybridized carbons (Fsp3) is 0.519. The number of nitrogens with one attached hydrogen (secondary N) is 1. The first-order valence-corrected chi connectivity index (χ1v) is 12.8. The van der Waals surface area contributed by atoms with Crippen LogP contribution in [0, 0.1) is 17.6 Å². The first-order valence-electron chi connectivity index (χ1n) is 12.4. The number of rotatable bonds is 7. The van der Waals surface area contributed by atoms with Crippen molar-refractivity contribution in [2.24, 2.45) is 5.92 Å². The molecule has 8 heteroatoms. The third-order valence-corrected chi connectivity index (χ3v) is 7.21. The van der Waals surface area contributed by atoms with Gasteiger partial charge in [-0.1, -0.05) is 23.7 Å². The molecule has 190 valence electrons. The minimum atomic E-state index is -0.720. The van der Waals surface area contributed by atoms with Crippen LogP contribution in [0.1, 0.15) is 55.6 Å². The third kappa shape index (κ3) is 7.63. The predicted molar refractivity (Wildman–Crippen MR) is 132 cm³/mol. The van der Waals surface area contributed by atoms with Gasteiger partial charge in [-0.2, -0.15) is 0 Å². The van der Waals surface area contributed by atoms with E-state index >= 15 is 0 Å². The van der Waals surface area contributed by atoms with Crippen LogP contribution < -0.4 is 10.1 Å². The highest BCUT2D eigenvalue weighted by atomic mass is 35.5. The van der Waals surface area contributed by atoms with Crippen LogP contribution in [0.4, 0.5) is 8.78 Å². The number of hydrogen-bond donors (Lipinski definition) is 2. The minimum absolute atomic E-state index is 0.178. The summed E-state index contributed by atoms with van der Waals surface area (Å²) in [6, 6.07) is 9.58. The molecule has 2 heterocycles. The number of halogens is 3. The van der Waals surface area contributed by atoms with Gasteiger partial charge in [-0.3, -0.25) is 9.69 Å². The summed E-state index contributed by atoms with van der Waals surface area (Å²) in [4.78, 5) is 12.5. The summed E-state index contributed by atoms with van der Waals surface area (Å²) < 4.78 is 32.9. The SMILES string of the molecule is Fc1ccc(C2CC2)c(OCC2CCN(Cc3ccc(F)c(Cl)c3)CC2)c1.O=C(O)C1CCCN1. The molecule has 5 nitrogen and oxygen atoms in total. The van der Waals surface area contributed by atoms with Crippen LogP contribution in [-0.2, 0) is 11.3 Å². The van der Waals surface area contributed by atoms with Gasteiger partial charge in [0.25, 0.3) is 0 Å². The average molecular weight is 507 g/mol. The number of nitrogens with zero attached hydrogens (tertiary/aromatic N) is 1. The Bertz CT molecular complexity index is 1000. The van der Waals surface area contributed by atoms with E-state index in [9.17, 15) is 13.6 Å². The molecule has 2 aliphatic heterocycles. The molecule has 2 aromatic carbocycles. The smallest absolute Gasteiger partial charge is 0.320 e. The Labute approximate surface area is 210 Å². The average Bonchev–Trinajstić information content (AvgIpc) is 3.53. The topological polar surface area (TPSA) is 61.8 Å². The van der Waals surface area contributed by atoms with Gasteiger partial charge in [-0.25, -0.2) is 8.78 Å². The molecule has 2 aromatic rings. The van der Waals surface area contributed by atoms with Crippen molar-refractivity contribution in [3.05, 3.63) is 64.2 Å². The fourth-order valence-electron chi connectivity index (χ4n) is 4.68. The first-order chi connectivity index (χ1) is 16.9. The van der Waals surface area contributed by atoms with E-state index in [2.05, 4.69) is 10.2 Å². The molecule has 5 rings (SSSR count). The zero-order chi connectivity index (χ0) is 24.8. The van der Waals surface area contributed by atoms with E-state index in [-0.39, 0.29) is 22.7 Å². The number of piperidine rings is 1. The summed E-state index contributed by atoms with van der Waals surface area (Å²) in [7, 11) is 0. The molecular weight excluding hydrogens is 474 g/mol. The molecule has 35 heavy (non-hydrogen) atoms. The van der Waals surface area contributed by atoms with Crippen molar-refractivity contribution in [1.82, 2.24) is 10.2 Å². The molecule has 2 saturated heterocycles. The summed E-state index contributed by atoms with van der Waals surface area (Å²) >= 11 is 5.87. The summed E-state index contributed by atoms with van der Waals surface area (Å²) in [5.74, 6) is 0.420. The van der Waals surface area contributed by atoms with Crippen molar-refractivity contribution in [2.45, 2.75) is 57.0 Å². The highest BCUT2D eigenvalue weighted by molar-refractivity contribution is 6.30. The van der Waals surface area contributed by atoms with Crippen LogP contribution in [0.25, 0.3) is 0 Å². The number of likely N-dealkylation sites (tertiary alicyclic amines) is 1. The maximum absolute atomic E-state index is 13.6. The van der Waals surface area contributed by atoms with E-state index in [1.54, 1.807) is 12.1 Å². The van der Waals surface area contributed by atoms with E-state index in [0.29, 0.717) is 18.4 Å². The monoisotopic (exact) mass is 506 g/mol. The number of aliphatic carboxylic acids is 1. The Morgan fingerprint density at radius 1 is 1.09 bits per heavy atom. The molecule has 1 saturated carbocycles. The zero-order valence-electron chi connectivity index (χ0n) is 19.8. The van der Waals surface area contributed by atoms with E-state index in [1.807, 2.05) is 6.07 Å². The van der Waals surface area contributed by atoms with Crippen molar-refractivity contribution in [2.75, 3.05) is 26.2 Å². The Balaban J connectivity index is 0.000000308. The van der Waals surface area contributed by atoms with Gasteiger partial charge in [-0.05, 0) is 99.3 Å². The highest BCUT2D eigenvalue weighted by Gasteiger charge is 2.28. The predicted octanol–water partition coefficient (Wildman–Crippen LogP) is 5.61. The van der Waals surface area contributed by atoms with E-state index in [0.717, 1.165) is 68.7 Å². The molecule has 0 aromatic heterocycles. The van der Waals surface area contributed by atoms with Crippen LogP contribution in [0.15, 0.2) is 36.4 Å². The van der Waals surface area contributed by atoms with Gasteiger partial charge in [0.05, 0.1) is 11.6 Å². The quantitative estimate of drug-likeness (QED) is 0.511. The van der Waals surface area contributed by atoms with Crippen LogP contribution >= 0.6 is 11.6 Å². The van der Waals surface area contributed by atoms with Crippen LogP contribution in [-0.4, -0.2) is 48.3 Å². The van der Waals surface area contributed by atoms with Crippen molar-refractivity contribution in [1.29, 1.82) is 0 Å². The summed E-state index contributed by atoms with van der Waals surface area (Å²) in [6.45, 7) is 4.23. The lowest BCUT2D eigenvalue weighted by Gasteiger charge is -2.32. The molecule has 2 N–H and O–H groups in total. The van der Waals surface area contributed by atoms with Crippen molar-refractivity contribution < 1.29 is 23.4 Å². The van der Waals surface area contributed by atoms with Crippen LogP contribution in [0.3, 0.4) is 0 Å². The molecule has 0 bridgehead atoms. The second-order valence-corrected chi connectivity index (χ2v) is 10.1. The number of carboxylic acid groups (broad SMARTS) is 1. The summed E-state index contributed by atoms with van der Waals surface area (Å²) in [5, 5.41) is 11.4. The molecule has 0 spiro atoms. The van der Waals surface area contributed by atoms with Gasteiger partial charge in [0, 0.05) is 12.6 Å². The summed E-state index contributed by atoms with van der Waals surface area (Å²) in [6.07, 6.45) is 6.22. The lowest BCUT2D eigenvalue weighted by molar-refractivity contribution is -0.139.